The zero-order chi connectivity index (χ0) is 11.8. The highest BCUT2D eigenvalue weighted by Gasteiger charge is 2.22. The molecule has 1 saturated heterocycles. The van der Waals surface area contributed by atoms with E-state index in [4.69, 9.17) is 22.1 Å². The van der Waals surface area contributed by atoms with Gasteiger partial charge in [-0.25, -0.2) is 0 Å². The first-order chi connectivity index (χ1) is 7.47. The number of benzene rings is 1. The van der Waals surface area contributed by atoms with Gasteiger partial charge in [0.2, 0.25) is 0 Å². The van der Waals surface area contributed by atoms with Crippen LogP contribution in [0, 0.1) is 0 Å². The van der Waals surface area contributed by atoms with Crippen molar-refractivity contribution in [2.45, 2.75) is 25.5 Å². The van der Waals surface area contributed by atoms with Gasteiger partial charge in [-0.3, -0.25) is 0 Å². The van der Waals surface area contributed by atoms with Gasteiger partial charge in [0.05, 0.1) is 5.02 Å². The Morgan fingerprint density at radius 3 is 2.56 bits per heavy atom. The maximum atomic E-state index is 6.17. The van der Waals surface area contributed by atoms with Gasteiger partial charge in [0.1, 0.15) is 11.9 Å². The maximum Gasteiger partial charge on any atom is 0.138 e. The van der Waals surface area contributed by atoms with E-state index in [1.165, 1.54) is 0 Å². The lowest BCUT2D eigenvalue weighted by Gasteiger charge is -2.27. The molecule has 0 amide bonds. The van der Waals surface area contributed by atoms with Gasteiger partial charge in [-0.15, -0.1) is 0 Å². The van der Waals surface area contributed by atoms with Crippen LogP contribution >= 0.6 is 23.4 Å². The smallest absolute Gasteiger partial charge is 0.138 e. The molecule has 0 radical (unpaired) electrons. The highest BCUT2D eigenvalue weighted by Crippen LogP contribution is 2.32. The van der Waals surface area contributed by atoms with Crippen molar-refractivity contribution in [3.8, 4) is 5.75 Å². The predicted molar refractivity (Wildman–Crippen MR) is 70.4 cm³/mol. The Kier molecular flexibility index (Phi) is 3.38. The fourth-order valence-electron chi connectivity index (χ4n) is 1.46. The topological polar surface area (TPSA) is 35.2 Å². The Morgan fingerprint density at radius 2 is 2.12 bits per heavy atom. The minimum absolute atomic E-state index is 0.319. The third-order valence-corrected chi connectivity index (χ3v) is 4.09. The third kappa shape index (κ3) is 2.65. The SMILES string of the molecule is CC(C)(N)c1ccc(OC2CSC2)c(Cl)c1. The van der Waals surface area contributed by atoms with Crippen molar-refractivity contribution in [2.24, 2.45) is 5.73 Å². The van der Waals surface area contributed by atoms with Crippen molar-refractivity contribution in [3.63, 3.8) is 0 Å². The van der Waals surface area contributed by atoms with Crippen LogP contribution in [-0.4, -0.2) is 17.6 Å². The first-order valence-electron chi connectivity index (χ1n) is 5.30. The molecule has 88 valence electrons. The highest BCUT2D eigenvalue weighted by atomic mass is 35.5. The summed E-state index contributed by atoms with van der Waals surface area (Å²) in [5, 5.41) is 0.646. The summed E-state index contributed by atoms with van der Waals surface area (Å²) in [5.74, 6) is 2.88. The first-order valence-corrected chi connectivity index (χ1v) is 6.83. The fourth-order valence-corrected chi connectivity index (χ4v) is 2.25. The van der Waals surface area contributed by atoms with E-state index in [1.54, 1.807) is 0 Å². The Bertz CT molecular complexity index is 385. The van der Waals surface area contributed by atoms with Crippen LogP contribution in [0.3, 0.4) is 0 Å². The maximum absolute atomic E-state index is 6.17. The Labute approximate surface area is 105 Å². The van der Waals surface area contributed by atoms with Gasteiger partial charge in [-0.1, -0.05) is 17.7 Å². The molecule has 0 bridgehead atoms. The molecule has 0 aromatic heterocycles. The molecule has 0 saturated carbocycles. The number of hydrogen-bond donors (Lipinski definition) is 1. The van der Waals surface area contributed by atoms with Crippen molar-refractivity contribution in [1.29, 1.82) is 0 Å². The van der Waals surface area contributed by atoms with Gasteiger partial charge >= 0.3 is 0 Å². The summed E-state index contributed by atoms with van der Waals surface area (Å²) in [6.45, 7) is 3.92. The molecule has 1 aliphatic rings. The summed E-state index contributed by atoms with van der Waals surface area (Å²) in [5.41, 5.74) is 6.67. The standard InChI is InChI=1S/C12H16ClNOS/c1-12(2,14)8-3-4-11(10(13)5-8)15-9-6-16-7-9/h3-5,9H,6-7,14H2,1-2H3. The van der Waals surface area contributed by atoms with Gasteiger partial charge in [-0.05, 0) is 31.5 Å². The molecule has 2 N–H and O–H groups in total. The van der Waals surface area contributed by atoms with Crippen LogP contribution in [-0.2, 0) is 5.54 Å². The average molecular weight is 258 g/mol. The minimum atomic E-state index is -0.367. The van der Waals surface area contributed by atoms with Crippen molar-refractivity contribution < 1.29 is 4.74 Å². The van der Waals surface area contributed by atoms with Crippen molar-refractivity contribution in [1.82, 2.24) is 0 Å². The number of thioether (sulfide) groups is 1. The van der Waals surface area contributed by atoms with Gasteiger partial charge in [0.15, 0.2) is 0 Å². The molecule has 4 heteroatoms. The van der Waals surface area contributed by atoms with E-state index in [1.807, 2.05) is 43.8 Å². The van der Waals surface area contributed by atoms with E-state index in [9.17, 15) is 0 Å². The monoisotopic (exact) mass is 257 g/mol. The molecule has 0 atom stereocenters. The van der Waals surface area contributed by atoms with Crippen molar-refractivity contribution in [3.05, 3.63) is 28.8 Å². The minimum Gasteiger partial charge on any atom is -0.487 e. The van der Waals surface area contributed by atoms with Gasteiger partial charge < -0.3 is 10.5 Å². The van der Waals surface area contributed by atoms with Crippen LogP contribution in [0.15, 0.2) is 18.2 Å². The van der Waals surface area contributed by atoms with E-state index in [-0.39, 0.29) is 5.54 Å². The molecule has 1 aromatic rings. The lowest BCUT2D eigenvalue weighted by atomic mass is 9.96. The molecule has 2 nitrogen and oxygen atoms in total. The van der Waals surface area contributed by atoms with Crippen LogP contribution in [0.4, 0.5) is 0 Å². The number of ether oxygens (including phenoxy) is 1. The second-order valence-corrected chi connectivity index (χ2v) is 6.13. The summed E-state index contributed by atoms with van der Waals surface area (Å²) >= 11 is 8.06. The molecular formula is C12H16ClNOS. The lowest BCUT2D eigenvalue weighted by molar-refractivity contribution is 0.240. The molecule has 0 spiro atoms. The Morgan fingerprint density at radius 1 is 1.44 bits per heavy atom. The summed E-state index contributed by atoms with van der Waals surface area (Å²) in [4.78, 5) is 0. The Hall–Kier alpha value is -0.380. The van der Waals surface area contributed by atoms with Crippen LogP contribution in [0.5, 0.6) is 5.75 Å². The van der Waals surface area contributed by atoms with Crippen molar-refractivity contribution in [2.75, 3.05) is 11.5 Å². The van der Waals surface area contributed by atoms with Gasteiger partial charge in [0.25, 0.3) is 0 Å². The summed E-state index contributed by atoms with van der Waals surface area (Å²) in [6, 6.07) is 5.78. The second-order valence-electron chi connectivity index (χ2n) is 4.64. The molecule has 16 heavy (non-hydrogen) atoms. The molecule has 0 aliphatic carbocycles. The zero-order valence-corrected chi connectivity index (χ0v) is 11.1. The number of halogens is 1. The van der Waals surface area contributed by atoms with Crippen molar-refractivity contribution >= 4 is 23.4 Å². The van der Waals surface area contributed by atoms with E-state index in [0.29, 0.717) is 11.1 Å². The quantitative estimate of drug-likeness (QED) is 0.904. The lowest BCUT2D eigenvalue weighted by Crippen LogP contribution is -2.31. The molecule has 1 aromatic carbocycles. The summed E-state index contributed by atoms with van der Waals surface area (Å²) < 4.78 is 5.76. The molecule has 1 fully saturated rings. The van der Waals surface area contributed by atoms with Gasteiger partial charge in [0, 0.05) is 17.0 Å². The van der Waals surface area contributed by atoms with E-state index >= 15 is 0 Å². The largest absolute Gasteiger partial charge is 0.487 e. The normalized spacial score (nSPS) is 17.0. The van der Waals surface area contributed by atoms with Crippen LogP contribution in [0.25, 0.3) is 0 Å². The van der Waals surface area contributed by atoms with Crippen LogP contribution in [0.1, 0.15) is 19.4 Å². The van der Waals surface area contributed by atoms with Crippen LogP contribution < -0.4 is 10.5 Å². The zero-order valence-electron chi connectivity index (χ0n) is 9.50. The van der Waals surface area contributed by atoms with Gasteiger partial charge in [-0.2, -0.15) is 11.8 Å². The molecular weight excluding hydrogens is 242 g/mol. The Balaban J connectivity index is 2.15. The first kappa shape index (κ1) is 12.1. The van der Waals surface area contributed by atoms with E-state index < -0.39 is 0 Å². The third-order valence-electron chi connectivity index (χ3n) is 2.58. The molecule has 1 heterocycles. The number of rotatable bonds is 3. The fraction of sp³-hybridized carbons (Fsp3) is 0.500. The predicted octanol–water partition coefficient (Wildman–Crippen LogP) is 3.03. The van der Waals surface area contributed by atoms with Crippen LogP contribution in [0.2, 0.25) is 5.02 Å². The number of nitrogens with two attached hydrogens (primary N) is 1. The highest BCUT2D eigenvalue weighted by molar-refractivity contribution is 8.00. The summed E-state index contributed by atoms with van der Waals surface area (Å²) in [7, 11) is 0. The molecule has 2 rings (SSSR count). The molecule has 0 unspecified atom stereocenters. The second kappa shape index (κ2) is 4.47. The number of hydrogen-bond acceptors (Lipinski definition) is 3. The van der Waals surface area contributed by atoms with E-state index in [2.05, 4.69) is 0 Å². The molecule has 1 aliphatic heterocycles. The summed E-state index contributed by atoms with van der Waals surface area (Å²) in [6.07, 6.45) is 0.319. The average Bonchev–Trinajstić information content (AvgIpc) is 2.11. The van der Waals surface area contributed by atoms with E-state index in [0.717, 1.165) is 22.8 Å².